The van der Waals surface area contributed by atoms with Gasteiger partial charge in [0.15, 0.2) is 0 Å². The molecule has 0 fully saturated rings. The van der Waals surface area contributed by atoms with Crippen LogP contribution in [0.4, 0.5) is 0 Å². The Morgan fingerprint density at radius 3 is 0.600 bits per heavy atom. The summed E-state index contributed by atoms with van der Waals surface area (Å²) in [5, 5.41) is 13.3. The van der Waals surface area contributed by atoms with E-state index in [9.17, 15) is 28.8 Å². The summed E-state index contributed by atoms with van der Waals surface area (Å²) in [6, 6.07) is 0. The molecule has 0 saturated carbocycles. The summed E-state index contributed by atoms with van der Waals surface area (Å²) in [6.45, 7) is 6.58. The summed E-state index contributed by atoms with van der Waals surface area (Å²) in [6.07, 6.45) is 20.5. The van der Waals surface area contributed by atoms with E-state index >= 15 is 0 Å². The average Bonchev–Trinajstić information content (AvgIpc) is 3.55. The molecule has 0 radical (unpaired) electrons. The van der Waals surface area contributed by atoms with Gasteiger partial charge in [0.2, 0.25) is 35.4 Å². The van der Waals surface area contributed by atoms with Crippen molar-refractivity contribution >= 4 is 35.4 Å². The van der Waals surface area contributed by atoms with Gasteiger partial charge in [0.1, 0.15) is 52.6 Å². The molecule has 5 N–H and O–H groups in total. The fourth-order valence-electron chi connectivity index (χ4n) is 6.10. The van der Waals surface area contributed by atoms with Crippen LogP contribution in [-0.2, 0) is 105 Å². The molecule has 0 aliphatic heterocycles. The van der Waals surface area contributed by atoms with Gasteiger partial charge >= 0.3 is 0 Å². The zero-order valence-corrected chi connectivity index (χ0v) is 49.4. The van der Waals surface area contributed by atoms with E-state index in [1.165, 1.54) is 0 Å². The number of carbonyl (C=O) groups is 6. The van der Waals surface area contributed by atoms with Gasteiger partial charge in [-0.25, -0.2) is 0 Å². The molecule has 0 spiro atoms. The van der Waals surface area contributed by atoms with E-state index < -0.39 is 74.7 Å². The molecule has 0 aromatic heterocycles. The lowest BCUT2D eigenvalue weighted by Gasteiger charge is -2.24. The van der Waals surface area contributed by atoms with Crippen molar-refractivity contribution in [2.75, 3.05) is 277 Å². The van der Waals surface area contributed by atoms with Crippen LogP contribution in [0.5, 0.6) is 0 Å². The molecule has 0 aromatic carbocycles. The van der Waals surface area contributed by atoms with Crippen molar-refractivity contribution in [1.29, 1.82) is 0 Å². The summed E-state index contributed by atoms with van der Waals surface area (Å²) < 4.78 is 85.9. The first-order valence-corrected chi connectivity index (χ1v) is 28.0. The monoisotopic (exact) mass is 1220 g/mol. The molecule has 0 bridgehead atoms. The lowest BCUT2D eigenvalue weighted by molar-refractivity contribution is -0.140. The number of hydrogen-bond acceptors (Lipinski definition) is 23. The minimum atomic E-state index is -0.711. The maximum atomic E-state index is 13.6. The topological polar surface area (TPSA) is 317 Å². The van der Waals surface area contributed by atoms with Crippen LogP contribution in [0.2, 0.25) is 0 Å². The Morgan fingerprint density at radius 2 is 0.424 bits per heavy atom. The highest BCUT2D eigenvalue weighted by molar-refractivity contribution is 5.91. The number of amides is 6. The Bertz CT molecular complexity index is 1610. The molecule has 29 nitrogen and oxygen atoms in total. The molecule has 0 heterocycles. The summed E-state index contributed by atoms with van der Waals surface area (Å²) in [5.41, 5.74) is 0. The molecule has 0 rings (SSSR count). The molecule has 0 unspecified atom stereocenters. The number of ether oxygens (including phenoxy) is 16. The van der Waals surface area contributed by atoms with Crippen molar-refractivity contribution in [1.82, 2.24) is 36.4 Å². The zero-order chi connectivity index (χ0) is 62.0. The first-order valence-electron chi connectivity index (χ1n) is 28.0. The summed E-state index contributed by atoms with van der Waals surface area (Å²) in [5.74, 6) is 5.70. The largest absolute Gasteiger partial charge is 0.377 e. The SMILES string of the molecule is C#CCOCCOCCOCCOCCNC(=O)CN(CC(=O)NCCOCCOCCOCCOCC#C)C(=O)CNCC(=O)N(CC(=O)NCCOCCOCCOCCOCC#C)CC(=O)NCCOCCOCCOCCOCC#C. The highest BCUT2D eigenvalue weighted by atomic mass is 16.6. The molecule has 6 amide bonds. The highest BCUT2D eigenvalue weighted by Gasteiger charge is 2.23. The Labute approximate surface area is 501 Å². The van der Waals surface area contributed by atoms with Gasteiger partial charge in [-0.05, 0) is 0 Å². The molecule has 484 valence electrons. The highest BCUT2D eigenvalue weighted by Crippen LogP contribution is 1.96. The van der Waals surface area contributed by atoms with Gasteiger partial charge in [0, 0.05) is 26.2 Å². The fraction of sp³-hybridized carbons (Fsp3) is 0.750. The maximum Gasteiger partial charge on any atom is 0.239 e. The maximum absolute atomic E-state index is 13.6. The summed E-state index contributed by atoms with van der Waals surface area (Å²) >= 11 is 0. The molecule has 29 heteroatoms. The van der Waals surface area contributed by atoms with Crippen LogP contribution in [-0.4, -0.2) is 322 Å². The van der Waals surface area contributed by atoms with Crippen LogP contribution in [0.15, 0.2) is 0 Å². The van der Waals surface area contributed by atoms with E-state index in [0.717, 1.165) is 9.80 Å². The fourth-order valence-corrected chi connectivity index (χ4v) is 6.10. The van der Waals surface area contributed by atoms with Gasteiger partial charge in [-0.3, -0.25) is 34.1 Å². The zero-order valence-electron chi connectivity index (χ0n) is 49.4. The number of nitrogens with zero attached hydrogens (tertiary/aromatic N) is 2. The van der Waals surface area contributed by atoms with E-state index in [4.69, 9.17) is 101 Å². The van der Waals surface area contributed by atoms with E-state index in [1.54, 1.807) is 0 Å². The van der Waals surface area contributed by atoms with Crippen LogP contribution in [0.1, 0.15) is 0 Å². The van der Waals surface area contributed by atoms with E-state index in [1.807, 2.05) is 0 Å². The first-order chi connectivity index (χ1) is 41.7. The number of hydrogen-bond donors (Lipinski definition) is 5. The van der Waals surface area contributed by atoms with Gasteiger partial charge in [-0.1, -0.05) is 23.7 Å². The Balaban J connectivity index is 5.34. The normalized spacial score (nSPS) is 10.8. The van der Waals surface area contributed by atoms with Crippen LogP contribution in [0.3, 0.4) is 0 Å². The van der Waals surface area contributed by atoms with Crippen molar-refractivity contribution in [2.45, 2.75) is 0 Å². The molecular formula is C56H93N7O22. The smallest absolute Gasteiger partial charge is 0.239 e. The standard InChI is InChI=1S/C56H93N7O22/c1-5-13-70-21-29-78-37-41-82-33-25-74-17-9-58-51(64)47-62(48-52(65)59-10-18-75-26-34-83-42-38-79-30-22-71-14-6-2)55(68)45-57-46-56(69)63(49-53(66)60-11-19-76-27-35-84-43-39-80-31-23-72-15-7-3)50-54(67)61-12-20-77-28-36-85-44-40-81-32-24-73-16-8-4/h1-4,57H,9-50H2,(H,58,64)(H,59,65)(H,60,66)(H,61,67). The Kier molecular flexibility index (Phi) is 60.1. The second kappa shape index (κ2) is 64.4. The summed E-state index contributed by atoms with van der Waals surface area (Å²) in [7, 11) is 0. The van der Waals surface area contributed by atoms with Gasteiger partial charge in [-0.2, -0.15) is 0 Å². The minimum Gasteiger partial charge on any atom is -0.377 e. The third-order valence-corrected chi connectivity index (χ3v) is 10.1. The number of nitrogens with one attached hydrogen (secondary N) is 5. The van der Waals surface area contributed by atoms with Crippen molar-refractivity contribution < 1.29 is 105 Å². The van der Waals surface area contributed by atoms with Crippen LogP contribution < -0.4 is 26.6 Å². The van der Waals surface area contributed by atoms with Crippen molar-refractivity contribution in [3.05, 3.63) is 0 Å². The molecule has 0 aliphatic carbocycles. The summed E-state index contributed by atoms with van der Waals surface area (Å²) in [4.78, 5) is 81.5. The minimum absolute atomic E-state index is 0.0869. The van der Waals surface area contributed by atoms with Crippen LogP contribution in [0.25, 0.3) is 0 Å². The van der Waals surface area contributed by atoms with E-state index in [-0.39, 0.29) is 132 Å². The molecular weight excluding hydrogens is 1120 g/mol. The van der Waals surface area contributed by atoms with Crippen molar-refractivity contribution in [3.63, 3.8) is 0 Å². The second-order valence-corrected chi connectivity index (χ2v) is 16.9. The molecule has 0 aliphatic rings. The lowest BCUT2D eigenvalue weighted by Crippen LogP contribution is -2.51. The third kappa shape index (κ3) is 58.5. The van der Waals surface area contributed by atoms with Gasteiger partial charge in [0.05, 0.1) is 198 Å². The van der Waals surface area contributed by atoms with E-state index in [0.29, 0.717) is 106 Å². The molecule has 0 aromatic rings. The average molecular weight is 1220 g/mol. The Hall–Kier alpha value is -5.62. The van der Waals surface area contributed by atoms with Gasteiger partial charge in [-0.15, -0.1) is 25.7 Å². The van der Waals surface area contributed by atoms with Crippen molar-refractivity contribution in [2.24, 2.45) is 0 Å². The second-order valence-electron chi connectivity index (χ2n) is 16.9. The number of rotatable bonds is 64. The molecule has 0 saturated heterocycles. The number of terminal acetylenes is 4. The number of carbonyl (C=O) groups excluding carboxylic acids is 6. The third-order valence-electron chi connectivity index (χ3n) is 10.1. The van der Waals surface area contributed by atoms with Crippen LogP contribution in [0, 0.1) is 49.4 Å². The van der Waals surface area contributed by atoms with Crippen molar-refractivity contribution in [3.8, 4) is 49.4 Å². The van der Waals surface area contributed by atoms with E-state index in [2.05, 4.69) is 50.3 Å². The van der Waals surface area contributed by atoms with Gasteiger partial charge in [0.25, 0.3) is 0 Å². The predicted molar refractivity (Wildman–Crippen MR) is 307 cm³/mol. The first kappa shape index (κ1) is 79.4. The Morgan fingerprint density at radius 1 is 0.259 bits per heavy atom. The van der Waals surface area contributed by atoms with Crippen LogP contribution >= 0.6 is 0 Å². The lowest BCUT2D eigenvalue weighted by atomic mass is 10.3. The van der Waals surface area contributed by atoms with Gasteiger partial charge < -0.3 is 107 Å². The molecule has 85 heavy (non-hydrogen) atoms. The predicted octanol–water partition coefficient (Wildman–Crippen LogP) is -4.50. The quantitative estimate of drug-likeness (QED) is 0.0283. The molecule has 0 atom stereocenters.